The Morgan fingerprint density at radius 3 is 2.66 bits per heavy atom. The molecule has 2 heterocycles. The molecule has 4 aromatic rings. The summed E-state index contributed by atoms with van der Waals surface area (Å²) in [5.74, 6) is 1.84. The maximum atomic E-state index is 12.3. The molecule has 1 N–H and O–H groups in total. The Morgan fingerprint density at radius 2 is 1.90 bits per heavy atom. The Kier molecular flexibility index (Phi) is 5.67. The summed E-state index contributed by atoms with van der Waals surface area (Å²) in [5.41, 5.74) is 2.78. The molecule has 0 aliphatic carbocycles. The van der Waals surface area contributed by atoms with Gasteiger partial charge in [-0.3, -0.25) is 4.79 Å². The third-order valence-corrected chi connectivity index (χ3v) is 5.07. The van der Waals surface area contributed by atoms with Crippen LogP contribution in [0.1, 0.15) is 12.3 Å². The molecule has 0 fully saturated rings. The number of ether oxygens (including phenoxy) is 1. The van der Waals surface area contributed by atoms with Crippen molar-refractivity contribution in [3.05, 3.63) is 72.1 Å². The van der Waals surface area contributed by atoms with Crippen LogP contribution in [0.2, 0.25) is 0 Å². The van der Waals surface area contributed by atoms with Crippen molar-refractivity contribution in [2.75, 3.05) is 12.4 Å². The molecule has 1 amide bonds. The minimum absolute atomic E-state index is 0.122. The molecule has 0 bridgehead atoms. The lowest BCUT2D eigenvalue weighted by molar-refractivity contribution is -0.116. The van der Waals surface area contributed by atoms with E-state index in [2.05, 4.69) is 15.3 Å². The minimum atomic E-state index is -0.122. The van der Waals surface area contributed by atoms with E-state index in [-0.39, 0.29) is 12.3 Å². The molecule has 0 radical (unpaired) electrons. The van der Waals surface area contributed by atoms with Crippen molar-refractivity contribution in [2.45, 2.75) is 12.8 Å². The van der Waals surface area contributed by atoms with Gasteiger partial charge >= 0.3 is 0 Å². The molecule has 146 valence electrons. The zero-order valence-electron chi connectivity index (χ0n) is 15.8. The van der Waals surface area contributed by atoms with Gasteiger partial charge in [-0.05, 0) is 24.3 Å². The van der Waals surface area contributed by atoms with Crippen molar-refractivity contribution in [1.29, 1.82) is 0 Å². The van der Waals surface area contributed by atoms with Gasteiger partial charge in [-0.2, -0.15) is 0 Å². The number of amides is 1. The monoisotopic (exact) mass is 405 g/mol. The van der Waals surface area contributed by atoms with Crippen molar-refractivity contribution in [1.82, 2.24) is 9.97 Å². The van der Waals surface area contributed by atoms with E-state index < -0.39 is 0 Å². The maximum Gasteiger partial charge on any atom is 0.226 e. The molecule has 0 saturated heterocycles. The lowest BCUT2D eigenvalue weighted by Crippen LogP contribution is -2.12. The molecule has 6 nitrogen and oxygen atoms in total. The topological polar surface area (TPSA) is 77.2 Å². The van der Waals surface area contributed by atoms with Crippen molar-refractivity contribution in [2.24, 2.45) is 0 Å². The number of oxazole rings is 1. The van der Waals surface area contributed by atoms with Crippen LogP contribution in [0.5, 0.6) is 5.75 Å². The van der Waals surface area contributed by atoms with Gasteiger partial charge in [-0.25, -0.2) is 9.97 Å². The molecule has 29 heavy (non-hydrogen) atoms. The van der Waals surface area contributed by atoms with E-state index in [1.54, 1.807) is 13.3 Å². The van der Waals surface area contributed by atoms with Gasteiger partial charge < -0.3 is 14.5 Å². The highest BCUT2D eigenvalue weighted by Gasteiger charge is 2.11. The molecule has 2 aromatic heterocycles. The van der Waals surface area contributed by atoms with Crippen molar-refractivity contribution in [3.63, 3.8) is 0 Å². The first kappa shape index (κ1) is 18.9. The fourth-order valence-corrected chi connectivity index (χ4v) is 3.53. The largest absolute Gasteiger partial charge is 0.497 e. The molecule has 0 aliphatic rings. The van der Waals surface area contributed by atoms with Crippen molar-refractivity contribution >= 4 is 22.4 Å². The third-order valence-electron chi connectivity index (χ3n) is 4.31. The van der Waals surface area contributed by atoms with Crippen LogP contribution in [0.4, 0.5) is 5.13 Å². The smallest absolute Gasteiger partial charge is 0.226 e. The van der Waals surface area contributed by atoms with E-state index in [0.717, 1.165) is 22.6 Å². The summed E-state index contributed by atoms with van der Waals surface area (Å²) >= 11 is 1.41. The normalized spacial score (nSPS) is 10.7. The maximum absolute atomic E-state index is 12.3. The fraction of sp³-hybridized carbons (Fsp3) is 0.136. The van der Waals surface area contributed by atoms with Gasteiger partial charge in [0.1, 0.15) is 5.75 Å². The highest BCUT2D eigenvalue weighted by Crippen LogP contribution is 2.25. The highest BCUT2D eigenvalue weighted by molar-refractivity contribution is 7.14. The number of hydrogen-bond donors (Lipinski definition) is 1. The van der Waals surface area contributed by atoms with Gasteiger partial charge in [0.15, 0.2) is 16.8 Å². The van der Waals surface area contributed by atoms with Crippen LogP contribution in [0, 0.1) is 0 Å². The molecule has 0 unspecified atom stereocenters. The number of hydrogen-bond acceptors (Lipinski definition) is 6. The summed E-state index contributed by atoms with van der Waals surface area (Å²) in [5, 5.41) is 5.35. The van der Waals surface area contributed by atoms with Gasteiger partial charge in [0, 0.05) is 29.3 Å². The minimum Gasteiger partial charge on any atom is -0.497 e. The van der Waals surface area contributed by atoms with Gasteiger partial charge in [-0.15, -0.1) is 11.3 Å². The summed E-state index contributed by atoms with van der Waals surface area (Å²) in [6.45, 7) is 0. The average Bonchev–Trinajstić information content (AvgIpc) is 3.43. The SMILES string of the molecule is COc1ccc(-c2cnc(CCC(=O)Nc3nc(-c4ccccc4)cs3)o2)cc1. The van der Waals surface area contributed by atoms with Gasteiger partial charge in [0.2, 0.25) is 5.91 Å². The van der Waals surface area contributed by atoms with E-state index in [1.807, 2.05) is 60.0 Å². The Bertz CT molecular complexity index is 1090. The Balaban J connectivity index is 1.32. The van der Waals surface area contributed by atoms with E-state index >= 15 is 0 Å². The lowest BCUT2D eigenvalue weighted by atomic mass is 10.2. The first-order valence-electron chi connectivity index (χ1n) is 9.11. The second kappa shape index (κ2) is 8.70. The second-order valence-corrected chi connectivity index (χ2v) is 7.16. The van der Waals surface area contributed by atoms with Crippen molar-refractivity contribution < 1.29 is 13.9 Å². The van der Waals surface area contributed by atoms with E-state index in [9.17, 15) is 4.79 Å². The number of rotatable bonds is 7. The number of methoxy groups -OCH3 is 1. The predicted octanol–water partition coefficient (Wildman–Crippen LogP) is 5.05. The average molecular weight is 405 g/mol. The summed E-state index contributed by atoms with van der Waals surface area (Å²) < 4.78 is 10.9. The number of aromatic nitrogens is 2. The van der Waals surface area contributed by atoms with Crippen LogP contribution in [-0.2, 0) is 11.2 Å². The molecular formula is C22H19N3O3S. The molecule has 7 heteroatoms. The van der Waals surface area contributed by atoms with Crippen LogP contribution >= 0.6 is 11.3 Å². The number of nitrogens with zero attached hydrogens (tertiary/aromatic N) is 2. The predicted molar refractivity (Wildman–Crippen MR) is 113 cm³/mol. The molecular weight excluding hydrogens is 386 g/mol. The van der Waals surface area contributed by atoms with E-state index in [1.165, 1.54) is 11.3 Å². The summed E-state index contributed by atoms with van der Waals surface area (Å²) in [4.78, 5) is 21.0. The Labute approximate surface area is 172 Å². The van der Waals surface area contributed by atoms with Crippen LogP contribution in [0.3, 0.4) is 0 Å². The van der Waals surface area contributed by atoms with Gasteiger partial charge in [-0.1, -0.05) is 30.3 Å². The zero-order chi connectivity index (χ0) is 20.1. The quantitative estimate of drug-likeness (QED) is 0.466. The second-order valence-electron chi connectivity index (χ2n) is 6.30. The number of nitrogens with one attached hydrogen (secondary N) is 1. The van der Waals surface area contributed by atoms with Crippen LogP contribution in [0.25, 0.3) is 22.6 Å². The standard InChI is InChI=1S/C22H19N3O3S/c1-27-17-9-7-16(8-10-17)19-13-23-21(28-19)12-11-20(26)25-22-24-18(14-29-22)15-5-3-2-4-6-15/h2-10,13-14H,11-12H2,1H3,(H,24,25,26). The zero-order valence-corrected chi connectivity index (χ0v) is 16.6. The first-order chi connectivity index (χ1) is 14.2. The summed E-state index contributed by atoms with van der Waals surface area (Å²) in [7, 11) is 1.63. The lowest BCUT2D eigenvalue weighted by Gasteiger charge is -2.01. The molecule has 0 spiro atoms. The summed E-state index contributed by atoms with van der Waals surface area (Å²) in [6.07, 6.45) is 2.35. The molecule has 2 aromatic carbocycles. The van der Waals surface area contributed by atoms with E-state index in [4.69, 9.17) is 9.15 Å². The van der Waals surface area contributed by atoms with Crippen LogP contribution in [-0.4, -0.2) is 23.0 Å². The van der Waals surface area contributed by atoms with Gasteiger partial charge in [0.05, 0.1) is 19.0 Å². The number of anilines is 1. The van der Waals surface area contributed by atoms with E-state index in [0.29, 0.717) is 23.2 Å². The molecule has 0 saturated carbocycles. The van der Waals surface area contributed by atoms with Crippen LogP contribution in [0.15, 0.2) is 70.6 Å². The Hall–Kier alpha value is -3.45. The molecule has 0 atom stereocenters. The number of thiazole rings is 1. The van der Waals surface area contributed by atoms with Gasteiger partial charge in [0.25, 0.3) is 0 Å². The first-order valence-corrected chi connectivity index (χ1v) is 9.99. The van der Waals surface area contributed by atoms with Crippen LogP contribution < -0.4 is 10.1 Å². The number of carbonyl (C=O) groups excluding carboxylic acids is 1. The number of carbonyl (C=O) groups is 1. The van der Waals surface area contributed by atoms with Crippen molar-refractivity contribution in [3.8, 4) is 28.3 Å². The third kappa shape index (κ3) is 4.70. The fourth-order valence-electron chi connectivity index (χ4n) is 2.79. The molecule has 4 rings (SSSR count). The number of aryl methyl sites for hydroxylation is 1. The Morgan fingerprint density at radius 1 is 1.10 bits per heavy atom. The highest BCUT2D eigenvalue weighted by atomic mass is 32.1. The number of benzene rings is 2. The molecule has 0 aliphatic heterocycles. The summed E-state index contributed by atoms with van der Waals surface area (Å²) in [6, 6.07) is 17.4.